The standard InChI is InChI=1S/C23H23NO4/c1-26-21-14-8-10-17(22(21)27-2)15-24-23(25)20-13-7-6-9-18(20)16-28-19-11-4-3-5-12-19/h3-14H,15-16H2,1-2H3,(H,24,25). The van der Waals surface area contributed by atoms with Gasteiger partial charge in [-0.05, 0) is 24.3 Å². The second kappa shape index (κ2) is 9.46. The van der Waals surface area contributed by atoms with E-state index in [-0.39, 0.29) is 5.91 Å². The first-order chi connectivity index (χ1) is 13.7. The number of carbonyl (C=O) groups is 1. The van der Waals surface area contributed by atoms with Crippen LogP contribution in [0.1, 0.15) is 21.5 Å². The molecule has 0 radical (unpaired) electrons. The molecule has 0 heterocycles. The zero-order valence-electron chi connectivity index (χ0n) is 16.0. The van der Waals surface area contributed by atoms with Crippen molar-refractivity contribution < 1.29 is 19.0 Å². The Kier molecular flexibility index (Phi) is 6.52. The van der Waals surface area contributed by atoms with E-state index in [9.17, 15) is 4.79 Å². The number of hydrogen-bond donors (Lipinski definition) is 1. The van der Waals surface area contributed by atoms with Crippen molar-refractivity contribution in [2.24, 2.45) is 0 Å². The van der Waals surface area contributed by atoms with E-state index in [1.165, 1.54) is 0 Å². The van der Waals surface area contributed by atoms with Crippen LogP contribution in [0.4, 0.5) is 0 Å². The molecule has 0 aliphatic heterocycles. The molecule has 1 amide bonds. The fourth-order valence-electron chi connectivity index (χ4n) is 2.91. The van der Waals surface area contributed by atoms with Crippen LogP contribution in [0.25, 0.3) is 0 Å². The van der Waals surface area contributed by atoms with Crippen LogP contribution >= 0.6 is 0 Å². The third kappa shape index (κ3) is 4.62. The molecular formula is C23H23NO4. The van der Waals surface area contributed by atoms with Gasteiger partial charge in [-0.3, -0.25) is 4.79 Å². The highest BCUT2D eigenvalue weighted by Crippen LogP contribution is 2.30. The third-order valence-electron chi connectivity index (χ3n) is 4.32. The van der Waals surface area contributed by atoms with Gasteiger partial charge in [0, 0.05) is 23.2 Å². The molecule has 5 heteroatoms. The maximum atomic E-state index is 12.8. The zero-order valence-corrected chi connectivity index (χ0v) is 16.0. The van der Waals surface area contributed by atoms with Crippen LogP contribution in [-0.2, 0) is 13.2 Å². The molecule has 0 unspecified atom stereocenters. The number of benzene rings is 3. The van der Waals surface area contributed by atoms with Crippen LogP contribution in [-0.4, -0.2) is 20.1 Å². The Bertz CT molecular complexity index is 925. The molecule has 144 valence electrons. The van der Waals surface area contributed by atoms with Crippen LogP contribution in [0.5, 0.6) is 17.2 Å². The maximum Gasteiger partial charge on any atom is 0.251 e. The molecule has 1 N–H and O–H groups in total. The van der Waals surface area contributed by atoms with Crippen molar-refractivity contribution in [2.45, 2.75) is 13.2 Å². The van der Waals surface area contributed by atoms with Crippen LogP contribution in [0.3, 0.4) is 0 Å². The van der Waals surface area contributed by atoms with E-state index in [0.29, 0.717) is 30.2 Å². The summed E-state index contributed by atoms with van der Waals surface area (Å²) in [6.45, 7) is 0.642. The summed E-state index contributed by atoms with van der Waals surface area (Å²) < 4.78 is 16.5. The SMILES string of the molecule is COc1cccc(CNC(=O)c2ccccc2COc2ccccc2)c1OC. The lowest BCUT2D eigenvalue weighted by molar-refractivity contribution is 0.0948. The molecule has 0 spiro atoms. The van der Waals surface area contributed by atoms with Gasteiger partial charge >= 0.3 is 0 Å². The topological polar surface area (TPSA) is 56.8 Å². The average Bonchev–Trinajstić information content (AvgIpc) is 2.76. The van der Waals surface area contributed by atoms with Crippen LogP contribution in [0.15, 0.2) is 72.8 Å². The van der Waals surface area contributed by atoms with Crippen molar-refractivity contribution in [2.75, 3.05) is 14.2 Å². The first kappa shape index (κ1) is 19.3. The minimum atomic E-state index is -0.169. The van der Waals surface area contributed by atoms with Gasteiger partial charge in [-0.1, -0.05) is 48.5 Å². The number of ether oxygens (including phenoxy) is 3. The predicted molar refractivity (Wildman–Crippen MR) is 108 cm³/mol. The van der Waals surface area contributed by atoms with Crippen molar-refractivity contribution in [3.8, 4) is 17.2 Å². The van der Waals surface area contributed by atoms with Gasteiger partial charge in [0.05, 0.1) is 14.2 Å². The van der Waals surface area contributed by atoms with Crippen molar-refractivity contribution in [3.05, 3.63) is 89.5 Å². The van der Waals surface area contributed by atoms with E-state index in [2.05, 4.69) is 5.32 Å². The van der Waals surface area contributed by atoms with E-state index < -0.39 is 0 Å². The number of para-hydroxylation sites is 2. The third-order valence-corrected chi connectivity index (χ3v) is 4.32. The molecule has 0 fully saturated rings. The highest BCUT2D eigenvalue weighted by Gasteiger charge is 2.14. The smallest absolute Gasteiger partial charge is 0.251 e. The summed E-state index contributed by atoms with van der Waals surface area (Å²) in [5.74, 6) is 1.84. The molecule has 5 nitrogen and oxygen atoms in total. The number of carbonyl (C=O) groups excluding carboxylic acids is 1. The highest BCUT2D eigenvalue weighted by atomic mass is 16.5. The minimum Gasteiger partial charge on any atom is -0.493 e. The number of rotatable bonds is 8. The van der Waals surface area contributed by atoms with Gasteiger partial charge in [0.25, 0.3) is 5.91 Å². The van der Waals surface area contributed by atoms with Gasteiger partial charge in [0.1, 0.15) is 12.4 Å². The first-order valence-corrected chi connectivity index (χ1v) is 8.96. The van der Waals surface area contributed by atoms with Gasteiger partial charge in [0.2, 0.25) is 0 Å². The fraction of sp³-hybridized carbons (Fsp3) is 0.174. The molecule has 28 heavy (non-hydrogen) atoms. The average molecular weight is 377 g/mol. The van der Waals surface area contributed by atoms with Gasteiger partial charge in [-0.2, -0.15) is 0 Å². The summed E-state index contributed by atoms with van der Waals surface area (Å²) in [4.78, 5) is 12.8. The summed E-state index contributed by atoms with van der Waals surface area (Å²) >= 11 is 0. The van der Waals surface area contributed by atoms with Crippen LogP contribution in [0, 0.1) is 0 Å². The summed E-state index contributed by atoms with van der Waals surface area (Å²) in [6, 6.07) is 22.5. The van der Waals surface area contributed by atoms with Gasteiger partial charge in [-0.15, -0.1) is 0 Å². The Balaban J connectivity index is 1.70. The van der Waals surface area contributed by atoms with Gasteiger partial charge < -0.3 is 19.5 Å². The Morgan fingerprint density at radius 2 is 1.54 bits per heavy atom. The number of methoxy groups -OCH3 is 2. The molecule has 0 atom stereocenters. The Labute approximate surface area is 164 Å². The minimum absolute atomic E-state index is 0.169. The normalized spacial score (nSPS) is 10.2. The highest BCUT2D eigenvalue weighted by molar-refractivity contribution is 5.95. The Morgan fingerprint density at radius 3 is 2.29 bits per heavy atom. The molecule has 0 saturated heterocycles. The molecule has 3 rings (SSSR count). The Hall–Kier alpha value is -3.47. The maximum absolute atomic E-state index is 12.8. The second-order valence-corrected chi connectivity index (χ2v) is 6.09. The van der Waals surface area contributed by atoms with Crippen LogP contribution in [0.2, 0.25) is 0 Å². The van der Waals surface area contributed by atoms with Gasteiger partial charge in [0.15, 0.2) is 11.5 Å². The molecule has 0 saturated carbocycles. The van der Waals surface area contributed by atoms with Gasteiger partial charge in [-0.25, -0.2) is 0 Å². The predicted octanol–water partition coefficient (Wildman–Crippen LogP) is 4.21. The molecule has 3 aromatic rings. The van der Waals surface area contributed by atoms with Crippen LogP contribution < -0.4 is 19.5 Å². The quantitative estimate of drug-likeness (QED) is 0.639. The lowest BCUT2D eigenvalue weighted by Crippen LogP contribution is -2.24. The van der Waals surface area contributed by atoms with Crippen molar-refractivity contribution >= 4 is 5.91 Å². The van der Waals surface area contributed by atoms with Crippen molar-refractivity contribution in [3.63, 3.8) is 0 Å². The second-order valence-electron chi connectivity index (χ2n) is 6.09. The molecule has 0 aliphatic rings. The summed E-state index contributed by atoms with van der Waals surface area (Å²) in [6.07, 6.45) is 0. The summed E-state index contributed by atoms with van der Waals surface area (Å²) in [5, 5.41) is 2.95. The Morgan fingerprint density at radius 1 is 0.821 bits per heavy atom. The molecule has 0 bridgehead atoms. The van der Waals surface area contributed by atoms with E-state index in [1.807, 2.05) is 66.7 Å². The number of nitrogens with one attached hydrogen (secondary N) is 1. The summed E-state index contributed by atoms with van der Waals surface area (Å²) in [7, 11) is 3.17. The first-order valence-electron chi connectivity index (χ1n) is 8.96. The molecule has 0 aromatic heterocycles. The van der Waals surface area contributed by atoms with E-state index in [1.54, 1.807) is 20.3 Å². The molecule has 0 aliphatic carbocycles. The molecular weight excluding hydrogens is 354 g/mol. The summed E-state index contributed by atoms with van der Waals surface area (Å²) in [5.41, 5.74) is 2.25. The zero-order chi connectivity index (χ0) is 19.8. The monoisotopic (exact) mass is 377 g/mol. The van der Waals surface area contributed by atoms with Crippen molar-refractivity contribution in [1.82, 2.24) is 5.32 Å². The van der Waals surface area contributed by atoms with E-state index in [4.69, 9.17) is 14.2 Å². The fourth-order valence-corrected chi connectivity index (χ4v) is 2.91. The number of amides is 1. The largest absolute Gasteiger partial charge is 0.493 e. The molecule has 3 aromatic carbocycles. The number of hydrogen-bond acceptors (Lipinski definition) is 4. The lowest BCUT2D eigenvalue weighted by atomic mass is 10.1. The lowest BCUT2D eigenvalue weighted by Gasteiger charge is -2.14. The van der Waals surface area contributed by atoms with Crippen molar-refractivity contribution in [1.29, 1.82) is 0 Å². The van der Waals surface area contributed by atoms with E-state index >= 15 is 0 Å². The van der Waals surface area contributed by atoms with E-state index in [0.717, 1.165) is 16.9 Å².